The molecular formula is C54H34N2S2. The highest BCUT2D eigenvalue weighted by atomic mass is 32.1. The van der Waals surface area contributed by atoms with Gasteiger partial charge >= 0.3 is 0 Å². The van der Waals surface area contributed by atoms with Gasteiger partial charge in [0.25, 0.3) is 0 Å². The molecule has 12 aromatic rings. The minimum absolute atomic E-state index is 1.12. The van der Waals surface area contributed by atoms with Gasteiger partial charge in [0.05, 0.1) is 21.4 Å². The molecule has 0 atom stereocenters. The summed E-state index contributed by atoms with van der Waals surface area (Å²) in [4.78, 5) is 2.44. The number of nitrogens with zero attached hydrogens (tertiary/aromatic N) is 2. The molecule has 272 valence electrons. The maximum Gasteiger partial charge on any atom is 0.0640 e. The van der Waals surface area contributed by atoms with E-state index in [1.165, 1.54) is 90.1 Å². The molecule has 0 saturated carbocycles. The quantitative estimate of drug-likeness (QED) is 0.163. The summed E-state index contributed by atoms with van der Waals surface area (Å²) < 4.78 is 7.63. The van der Waals surface area contributed by atoms with Crippen LogP contribution in [0.2, 0.25) is 0 Å². The Bertz CT molecular complexity index is 3520. The molecule has 0 amide bonds. The van der Waals surface area contributed by atoms with Crippen LogP contribution in [-0.2, 0) is 0 Å². The first-order chi connectivity index (χ1) is 28.7. The van der Waals surface area contributed by atoms with Gasteiger partial charge in [0.1, 0.15) is 0 Å². The number of rotatable bonds is 6. The third-order valence-electron chi connectivity index (χ3n) is 11.6. The smallest absolute Gasteiger partial charge is 0.0640 e. The fourth-order valence-electron chi connectivity index (χ4n) is 8.87. The molecule has 0 bridgehead atoms. The topological polar surface area (TPSA) is 8.17 Å². The molecule has 2 nitrogen and oxygen atoms in total. The second-order valence-electron chi connectivity index (χ2n) is 14.9. The van der Waals surface area contributed by atoms with E-state index in [9.17, 15) is 0 Å². The van der Waals surface area contributed by atoms with Crippen molar-refractivity contribution in [2.45, 2.75) is 0 Å². The van der Waals surface area contributed by atoms with Gasteiger partial charge in [-0.1, -0.05) is 127 Å². The second-order valence-corrected chi connectivity index (χ2v) is 17.0. The van der Waals surface area contributed by atoms with Crippen LogP contribution in [0, 0.1) is 0 Å². The van der Waals surface area contributed by atoms with Crippen LogP contribution < -0.4 is 4.90 Å². The van der Waals surface area contributed by atoms with Crippen molar-refractivity contribution in [1.29, 1.82) is 0 Å². The Morgan fingerprint density at radius 2 is 0.931 bits per heavy atom. The highest BCUT2D eigenvalue weighted by Crippen LogP contribution is 2.46. The van der Waals surface area contributed by atoms with E-state index in [0.717, 1.165) is 17.1 Å². The average molecular weight is 775 g/mol. The van der Waals surface area contributed by atoms with Crippen LogP contribution >= 0.6 is 22.7 Å². The van der Waals surface area contributed by atoms with E-state index in [0.29, 0.717) is 0 Å². The lowest BCUT2D eigenvalue weighted by atomic mass is 10.0. The fourth-order valence-corrected chi connectivity index (χ4v) is 11.2. The molecule has 12 rings (SSSR count). The van der Waals surface area contributed by atoms with Gasteiger partial charge in [-0.05, 0) is 101 Å². The van der Waals surface area contributed by atoms with Crippen molar-refractivity contribution in [2.75, 3.05) is 4.90 Å². The Labute approximate surface area is 343 Å². The summed E-state index contributed by atoms with van der Waals surface area (Å²) in [6.07, 6.45) is 0. The molecule has 0 radical (unpaired) electrons. The van der Waals surface area contributed by atoms with Crippen molar-refractivity contribution in [3.63, 3.8) is 0 Å². The molecule has 3 heterocycles. The molecule has 0 fully saturated rings. The van der Waals surface area contributed by atoms with Crippen LogP contribution in [0.1, 0.15) is 0 Å². The number of aromatic nitrogens is 1. The Morgan fingerprint density at radius 3 is 1.78 bits per heavy atom. The number of anilines is 3. The molecule has 3 aromatic heterocycles. The van der Waals surface area contributed by atoms with Crippen LogP contribution in [0.15, 0.2) is 206 Å². The van der Waals surface area contributed by atoms with Gasteiger partial charge in [0.15, 0.2) is 0 Å². The average Bonchev–Trinajstić information content (AvgIpc) is 3.97. The number of hydrogen-bond acceptors (Lipinski definition) is 3. The largest absolute Gasteiger partial charge is 0.309 e. The maximum absolute atomic E-state index is 2.44. The van der Waals surface area contributed by atoms with Crippen LogP contribution in [0.25, 0.3) is 90.1 Å². The van der Waals surface area contributed by atoms with Crippen molar-refractivity contribution in [3.05, 3.63) is 206 Å². The molecule has 0 saturated heterocycles. The van der Waals surface area contributed by atoms with E-state index in [1.54, 1.807) is 0 Å². The Hall–Kier alpha value is -6.98. The molecule has 0 aliphatic rings. The number of hydrogen-bond donors (Lipinski definition) is 0. The number of benzene rings is 9. The van der Waals surface area contributed by atoms with Crippen molar-refractivity contribution in [1.82, 2.24) is 4.57 Å². The molecule has 4 heteroatoms. The third kappa shape index (κ3) is 5.30. The minimum Gasteiger partial charge on any atom is -0.309 e. The summed E-state index contributed by atoms with van der Waals surface area (Å²) in [6.45, 7) is 0. The molecule has 0 spiro atoms. The fraction of sp³-hybridized carbons (Fsp3) is 0. The molecule has 0 aliphatic heterocycles. The van der Waals surface area contributed by atoms with E-state index < -0.39 is 0 Å². The lowest BCUT2D eigenvalue weighted by Crippen LogP contribution is -2.10. The van der Waals surface area contributed by atoms with E-state index in [1.807, 2.05) is 22.7 Å². The van der Waals surface area contributed by atoms with Gasteiger partial charge in [0, 0.05) is 63.5 Å². The lowest BCUT2D eigenvalue weighted by molar-refractivity contribution is 1.18. The van der Waals surface area contributed by atoms with Crippen LogP contribution in [0.5, 0.6) is 0 Å². The van der Waals surface area contributed by atoms with E-state index in [-0.39, 0.29) is 0 Å². The highest BCUT2D eigenvalue weighted by Gasteiger charge is 2.20. The Balaban J connectivity index is 1.01. The second kappa shape index (κ2) is 13.3. The summed E-state index contributed by atoms with van der Waals surface area (Å²) >= 11 is 3.73. The van der Waals surface area contributed by atoms with Gasteiger partial charge in [-0.2, -0.15) is 0 Å². The first kappa shape index (κ1) is 33.2. The lowest BCUT2D eigenvalue weighted by Gasteiger charge is -2.27. The molecule has 0 unspecified atom stereocenters. The van der Waals surface area contributed by atoms with Gasteiger partial charge < -0.3 is 9.47 Å². The number of fused-ring (bicyclic) bond motifs is 9. The van der Waals surface area contributed by atoms with Crippen molar-refractivity contribution in [2.24, 2.45) is 0 Å². The summed E-state index contributed by atoms with van der Waals surface area (Å²) in [7, 11) is 0. The first-order valence-corrected chi connectivity index (χ1v) is 21.3. The van der Waals surface area contributed by atoms with Gasteiger partial charge in [-0.25, -0.2) is 0 Å². The van der Waals surface area contributed by atoms with Crippen molar-refractivity contribution in [3.8, 4) is 27.9 Å². The predicted octanol–water partition coefficient (Wildman–Crippen LogP) is 16.3. The van der Waals surface area contributed by atoms with Gasteiger partial charge in [-0.15, -0.1) is 22.7 Å². The third-order valence-corrected chi connectivity index (χ3v) is 13.9. The molecular weight excluding hydrogens is 741 g/mol. The standard InChI is InChI=1S/C54H34N2S2/c1-2-13-39(14-3-1)56-48-20-7-4-16-42(48)43-30-26-38(34-50(43)56)36-12-10-15-41(32-36)55(49-21-11-19-46-44-17-5-9-23-52(44)58-54(46)49)40-28-24-35(25-29-40)37-27-31-53-47(33-37)45-18-6-8-22-51(45)57-53/h1-34H. The molecule has 0 N–H and O–H groups in total. The normalized spacial score (nSPS) is 11.8. The van der Waals surface area contributed by atoms with Gasteiger partial charge in [-0.3, -0.25) is 0 Å². The SMILES string of the molecule is c1ccc(-n2c3ccccc3c3ccc(-c4cccc(N(c5ccc(-c6ccc7sc8ccccc8c7c6)cc5)c5cccc6c5sc5ccccc56)c4)cc32)cc1. The number of thiophene rings is 2. The zero-order valence-electron chi connectivity index (χ0n) is 31.3. The molecule has 0 aliphatic carbocycles. The van der Waals surface area contributed by atoms with Crippen molar-refractivity contribution >= 4 is 102 Å². The van der Waals surface area contributed by atoms with E-state index in [2.05, 4.69) is 216 Å². The summed E-state index contributed by atoms with van der Waals surface area (Å²) in [5.74, 6) is 0. The van der Waals surface area contributed by atoms with E-state index in [4.69, 9.17) is 0 Å². The molecule has 58 heavy (non-hydrogen) atoms. The minimum atomic E-state index is 1.12. The van der Waals surface area contributed by atoms with Crippen molar-refractivity contribution < 1.29 is 0 Å². The molecule has 9 aromatic carbocycles. The monoisotopic (exact) mass is 774 g/mol. The predicted molar refractivity (Wildman–Crippen MR) is 252 cm³/mol. The Kier molecular flexibility index (Phi) is 7.62. The number of para-hydroxylation sites is 2. The zero-order chi connectivity index (χ0) is 38.2. The highest BCUT2D eigenvalue weighted by molar-refractivity contribution is 7.26. The maximum atomic E-state index is 2.44. The summed E-state index contributed by atoms with van der Waals surface area (Å²) in [5, 5.41) is 7.74. The van der Waals surface area contributed by atoms with Crippen LogP contribution in [-0.4, -0.2) is 4.57 Å². The van der Waals surface area contributed by atoms with Gasteiger partial charge in [0.2, 0.25) is 0 Å². The summed E-state index contributed by atoms with van der Waals surface area (Å²) in [6, 6.07) is 75.7. The van der Waals surface area contributed by atoms with Crippen LogP contribution in [0.4, 0.5) is 17.1 Å². The van der Waals surface area contributed by atoms with E-state index >= 15 is 0 Å². The first-order valence-electron chi connectivity index (χ1n) is 19.7. The van der Waals surface area contributed by atoms with Crippen LogP contribution in [0.3, 0.4) is 0 Å². The zero-order valence-corrected chi connectivity index (χ0v) is 33.0. The summed E-state index contributed by atoms with van der Waals surface area (Å²) in [5.41, 5.74) is 11.8. The Morgan fingerprint density at radius 1 is 0.328 bits per heavy atom.